The molecule has 1 aromatic rings. The van der Waals surface area contributed by atoms with Crippen molar-refractivity contribution in [3.8, 4) is 5.75 Å². The van der Waals surface area contributed by atoms with E-state index < -0.39 is 6.10 Å². The maximum atomic E-state index is 10.2. The monoisotopic (exact) mass is 234 g/mol. The van der Waals surface area contributed by atoms with Gasteiger partial charge in [0.2, 0.25) is 0 Å². The number of methoxy groups -OCH3 is 1. The lowest BCUT2D eigenvalue weighted by atomic mass is 10.1. The van der Waals surface area contributed by atoms with Crippen LogP contribution in [0.15, 0.2) is 18.2 Å². The van der Waals surface area contributed by atoms with Crippen molar-refractivity contribution in [1.29, 1.82) is 0 Å². The number of rotatable bonds is 4. The maximum absolute atomic E-state index is 10.2. The van der Waals surface area contributed by atoms with E-state index in [4.69, 9.17) is 9.47 Å². The summed E-state index contributed by atoms with van der Waals surface area (Å²) in [6, 6.07) is 5.88. The van der Waals surface area contributed by atoms with Gasteiger partial charge in [-0.25, -0.2) is 0 Å². The zero-order valence-electron chi connectivity index (χ0n) is 10.1. The van der Waals surface area contributed by atoms with Crippen LogP contribution in [0.25, 0.3) is 0 Å². The van der Waals surface area contributed by atoms with E-state index in [9.17, 15) is 5.11 Å². The predicted molar refractivity (Wildman–Crippen MR) is 64.1 cm³/mol. The summed E-state index contributed by atoms with van der Waals surface area (Å²) in [5, 5.41) is 10.2. The molecule has 2 atom stereocenters. The predicted octanol–water partition coefficient (Wildman–Crippen LogP) is 2.08. The van der Waals surface area contributed by atoms with Crippen LogP contribution in [-0.4, -0.2) is 24.9 Å². The number of aliphatic hydroxyl groups is 1. The standard InChI is InChI=1S/C14H18O3/c1-16-11-5-4-10-6-13(14(15)12(10)7-11)17-8-9-2-3-9/h4-5,7,9,13-15H,2-3,6,8H2,1H3. The first kappa shape index (κ1) is 11.1. The van der Waals surface area contributed by atoms with Crippen molar-refractivity contribution in [3.05, 3.63) is 29.3 Å². The third-order valence-electron chi connectivity index (χ3n) is 3.69. The fourth-order valence-corrected chi connectivity index (χ4v) is 2.38. The fraction of sp³-hybridized carbons (Fsp3) is 0.571. The lowest BCUT2D eigenvalue weighted by molar-refractivity contribution is -0.0317. The van der Waals surface area contributed by atoms with Gasteiger partial charge in [0.15, 0.2) is 0 Å². The largest absolute Gasteiger partial charge is 0.497 e. The molecule has 0 spiro atoms. The van der Waals surface area contributed by atoms with Gasteiger partial charge in [0.05, 0.1) is 13.2 Å². The number of aliphatic hydroxyl groups excluding tert-OH is 1. The molecule has 2 aliphatic rings. The van der Waals surface area contributed by atoms with Crippen LogP contribution in [0.5, 0.6) is 5.75 Å². The van der Waals surface area contributed by atoms with Crippen molar-refractivity contribution in [2.45, 2.75) is 31.5 Å². The highest BCUT2D eigenvalue weighted by atomic mass is 16.5. The smallest absolute Gasteiger partial charge is 0.119 e. The number of fused-ring (bicyclic) bond motifs is 1. The SMILES string of the molecule is COc1ccc2c(c1)C(O)C(OCC1CC1)C2. The van der Waals surface area contributed by atoms with Crippen molar-refractivity contribution < 1.29 is 14.6 Å². The van der Waals surface area contributed by atoms with E-state index >= 15 is 0 Å². The van der Waals surface area contributed by atoms with Gasteiger partial charge in [-0.15, -0.1) is 0 Å². The van der Waals surface area contributed by atoms with Crippen molar-refractivity contribution in [1.82, 2.24) is 0 Å². The average molecular weight is 234 g/mol. The van der Waals surface area contributed by atoms with Gasteiger partial charge in [0.25, 0.3) is 0 Å². The van der Waals surface area contributed by atoms with Gasteiger partial charge in [-0.3, -0.25) is 0 Å². The molecule has 0 amide bonds. The first-order valence-electron chi connectivity index (χ1n) is 6.24. The summed E-state index contributed by atoms with van der Waals surface area (Å²) in [5.74, 6) is 1.53. The van der Waals surface area contributed by atoms with E-state index in [-0.39, 0.29) is 6.10 Å². The molecular formula is C14H18O3. The molecule has 1 N–H and O–H groups in total. The van der Waals surface area contributed by atoms with Crippen LogP contribution in [0.2, 0.25) is 0 Å². The first-order valence-corrected chi connectivity index (χ1v) is 6.24. The molecule has 0 radical (unpaired) electrons. The molecule has 3 nitrogen and oxygen atoms in total. The Hall–Kier alpha value is -1.06. The number of ether oxygens (including phenoxy) is 2. The second-order valence-corrected chi connectivity index (χ2v) is 5.03. The lowest BCUT2D eigenvalue weighted by Gasteiger charge is -2.15. The normalized spacial score (nSPS) is 26.9. The minimum absolute atomic E-state index is 0.0716. The second-order valence-electron chi connectivity index (χ2n) is 5.03. The van der Waals surface area contributed by atoms with Crippen LogP contribution in [0.1, 0.15) is 30.1 Å². The van der Waals surface area contributed by atoms with E-state index in [1.54, 1.807) is 7.11 Å². The molecule has 17 heavy (non-hydrogen) atoms. The second kappa shape index (κ2) is 4.31. The van der Waals surface area contributed by atoms with Crippen LogP contribution in [-0.2, 0) is 11.2 Å². The van der Waals surface area contributed by atoms with Crippen molar-refractivity contribution in [2.75, 3.05) is 13.7 Å². The minimum atomic E-state index is -0.501. The van der Waals surface area contributed by atoms with Crippen molar-refractivity contribution in [3.63, 3.8) is 0 Å². The van der Waals surface area contributed by atoms with Crippen molar-refractivity contribution >= 4 is 0 Å². The Morgan fingerprint density at radius 3 is 2.88 bits per heavy atom. The summed E-state index contributed by atoms with van der Waals surface area (Å²) in [6.07, 6.45) is 2.80. The van der Waals surface area contributed by atoms with Gasteiger partial charge in [0, 0.05) is 13.0 Å². The highest BCUT2D eigenvalue weighted by Crippen LogP contribution is 2.37. The summed E-state index contributed by atoms with van der Waals surface area (Å²) in [6.45, 7) is 0.798. The van der Waals surface area contributed by atoms with Gasteiger partial charge in [-0.2, -0.15) is 0 Å². The Bertz CT molecular complexity index is 412. The van der Waals surface area contributed by atoms with Gasteiger partial charge < -0.3 is 14.6 Å². The Morgan fingerprint density at radius 1 is 1.35 bits per heavy atom. The van der Waals surface area contributed by atoms with E-state index in [1.165, 1.54) is 18.4 Å². The summed E-state index contributed by atoms with van der Waals surface area (Å²) >= 11 is 0. The van der Waals surface area contributed by atoms with E-state index in [0.717, 1.165) is 30.3 Å². The summed E-state index contributed by atoms with van der Waals surface area (Å²) in [7, 11) is 1.64. The van der Waals surface area contributed by atoms with Gasteiger partial charge in [-0.05, 0) is 42.0 Å². The highest BCUT2D eigenvalue weighted by Gasteiger charge is 2.33. The number of hydrogen-bond donors (Lipinski definition) is 1. The van der Waals surface area contributed by atoms with Gasteiger partial charge >= 0.3 is 0 Å². The maximum Gasteiger partial charge on any atom is 0.119 e. The minimum Gasteiger partial charge on any atom is -0.497 e. The molecule has 0 aliphatic heterocycles. The molecule has 2 unspecified atom stereocenters. The van der Waals surface area contributed by atoms with E-state index in [1.807, 2.05) is 18.2 Å². The van der Waals surface area contributed by atoms with Crippen LogP contribution < -0.4 is 4.74 Å². The Morgan fingerprint density at radius 2 is 2.18 bits per heavy atom. The Kier molecular flexibility index (Phi) is 2.81. The first-order chi connectivity index (χ1) is 8.28. The molecule has 1 saturated carbocycles. The van der Waals surface area contributed by atoms with Crippen LogP contribution in [0, 0.1) is 5.92 Å². The molecular weight excluding hydrogens is 216 g/mol. The fourth-order valence-electron chi connectivity index (χ4n) is 2.38. The van der Waals surface area contributed by atoms with E-state index in [0.29, 0.717) is 0 Å². The molecule has 2 aliphatic carbocycles. The number of hydrogen-bond acceptors (Lipinski definition) is 3. The lowest BCUT2D eigenvalue weighted by Crippen LogP contribution is -2.19. The Labute approximate surface area is 101 Å². The van der Waals surface area contributed by atoms with Gasteiger partial charge in [0.1, 0.15) is 11.9 Å². The third-order valence-corrected chi connectivity index (χ3v) is 3.69. The zero-order valence-corrected chi connectivity index (χ0v) is 10.1. The summed E-state index contributed by atoms with van der Waals surface area (Å²) < 4.78 is 11.0. The van der Waals surface area contributed by atoms with E-state index in [2.05, 4.69) is 0 Å². The summed E-state index contributed by atoms with van der Waals surface area (Å²) in [5.41, 5.74) is 2.14. The molecule has 0 heterocycles. The molecule has 0 aromatic heterocycles. The number of benzene rings is 1. The average Bonchev–Trinajstić information content (AvgIpc) is 3.13. The van der Waals surface area contributed by atoms with Crippen molar-refractivity contribution in [2.24, 2.45) is 5.92 Å². The quantitative estimate of drug-likeness (QED) is 0.867. The third kappa shape index (κ3) is 2.17. The molecule has 3 heteroatoms. The Balaban J connectivity index is 1.71. The molecule has 0 saturated heterocycles. The molecule has 92 valence electrons. The van der Waals surface area contributed by atoms with Gasteiger partial charge in [-0.1, -0.05) is 6.07 Å². The van der Waals surface area contributed by atoms with Crippen LogP contribution in [0.4, 0.5) is 0 Å². The molecule has 0 bridgehead atoms. The van der Waals surface area contributed by atoms with Crippen LogP contribution in [0.3, 0.4) is 0 Å². The molecule has 1 fully saturated rings. The topological polar surface area (TPSA) is 38.7 Å². The van der Waals surface area contributed by atoms with Crippen LogP contribution >= 0.6 is 0 Å². The molecule has 1 aromatic carbocycles. The zero-order chi connectivity index (χ0) is 11.8. The highest BCUT2D eigenvalue weighted by molar-refractivity contribution is 5.41. The molecule has 3 rings (SSSR count). The summed E-state index contributed by atoms with van der Waals surface area (Å²) in [4.78, 5) is 0.